The van der Waals surface area contributed by atoms with Crippen LogP contribution in [0.1, 0.15) is 24.0 Å². The number of hydrogen-bond acceptors (Lipinski definition) is 6. The van der Waals surface area contributed by atoms with Crippen LogP contribution in [0, 0.1) is 0 Å². The number of allylic oxidation sites excluding steroid dienone is 1. The zero-order valence-electron chi connectivity index (χ0n) is 18.2. The summed E-state index contributed by atoms with van der Waals surface area (Å²) in [5.74, 6) is 0.257. The molecule has 1 aliphatic rings. The van der Waals surface area contributed by atoms with Crippen molar-refractivity contribution < 1.29 is 14.3 Å². The Morgan fingerprint density at radius 2 is 1.66 bits per heavy atom. The summed E-state index contributed by atoms with van der Waals surface area (Å²) >= 11 is 0. The number of rotatable bonds is 4. The lowest BCUT2D eigenvalue weighted by molar-refractivity contribution is -0.136. The van der Waals surface area contributed by atoms with Crippen molar-refractivity contribution in [3.63, 3.8) is 0 Å². The van der Waals surface area contributed by atoms with Gasteiger partial charge in [0.2, 0.25) is 0 Å². The molecule has 8 nitrogen and oxygen atoms in total. The monoisotopic (exact) mass is 433 g/mol. The van der Waals surface area contributed by atoms with E-state index in [-0.39, 0.29) is 5.56 Å². The number of ether oxygens (including phenoxy) is 2. The molecule has 8 heteroatoms. The van der Waals surface area contributed by atoms with Crippen molar-refractivity contribution in [3.8, 4) is 11.5 Å². The third kappa shape index (κ3) is 3.49. The van der Waals surface area contributed by atoms with Gasteiger partial charge in [-0.25, -0.2) is 9.59 Å². The minimum atomic E-state index is -0.747. The molecule has 3 aromatic rings. The highest BCUT2D eigenvalue weighted by Crippen LogP contribution is 2.41. The van der Waals surface area contributed by atoms with Gasteiger partial charge >= 0.3 is 11.7 Å². The second-order valence-corrected chi connectivity index (χ2v) is 7.54. The number of hydrogen-bond donors (Lipinski definition) is 1. The van der Waals surface area contributed by atoms with Crippen LogP contribution in [0.5, 0.6) is 11.5 Å². The van der Waals surface area contributed by atoms with E-state index in [1.807, 2.05) is 36.4 Å². The Kier molecular flexibility index (Phi) is 5.44. The molecule has 0 bridgehead atoms. The van der Waals surface area contributed by atoms with Crippen LogP contribution in [-0.4, -0.2) is 22.2 Å². The molecule has 1 aromatic heterocycles. The molecule has 1 aliphatic heterocycles. The van der Waals surface area contributed by atoms with Crippen LogP contribution in [0.25, 0.3) is 0 Å². The average molecular weight is 433 g/mol. The molecule has 1 N–H and O–H groups in total. The first kappa shape index (κ1) is 21.2. The summed E-state index contributed by atoms with van der Waals surface area (Å²) in [5.41, 5.74) is 0.813. The fourth-order valence-corrected chi connectivity index (χ4v) is 3.98. The predicted molar refractivity (Wildman–Crippen MR) is 120 cm³/mol. The molecule has 0 fully saturated rings. The quantitative estimate of drug-likeness (QED) is 0.637. The number of aromatic nitrogens is 2. The maximum atomic E-state index is 13.2. The van der Waals surface area contributed by atoms with Crippen LogP contribution in [0.4, 0.5) is 5.82 Å². The summed E-state index contributed by atoms with van der Waals surface area (Å²) in [6, 6.07) is 16.5. The number of carbonyl (C=O) groups is 1. The number of carbonyl (C=O) groups excluding carboxylic acids is 1. The van der Waals surface area contributed by atoms with Crippen molar-refractivity contribution >= 4 is 11.8 Å². The molecule has 0 saturated carbocycles. The molecule has 0 saturated heterocycles. The summed E-state index contributed by atoms with van der Waals surface area (Å²) in [4.78, 5) is 38.5. The van der Waals surface area contributed by atoms with E-state index in [1.165, 1.54) is 18.7 Å². The van der Waals surface area contributed by atoms with Crippen molar-refractivity contribution in [2.75, 3.05) is 12.4 Å². The SMILES string of the molecule is COC(=O)C1=C(C)Nc2c(c(=O)n(C)c(=O)n2C)C1c1cccc(Oc2ccccc2)c1. The summed E-state index contributed by atoms with van der Waals surface area (Å²) in [6.45, 7) is 1.72. The molecular weight excluding hydrogens is 410 g/mol. The van der Waals surface area contributed by atoms with E-state index in [4.69, 9.17) is 9.47 Å². The van der Waals surface area contributed by atoms with Gasteiger partial charge in [-0.1, -0.05) is 30.3 Å². The second-order valence-electron chi connectivity index (χ2n) is 7.54. The van der Waals surface area contributed by atoms with Crippen molar-refractivity contribution in [2.24, 2.45) is 14.1 Å². The maximum Gasteiger partial charge on any atom is 0.336 e. The lowest BCUT2D eigenvalue weighted by atomic mass is 9.82. The molecule has 2 heterocycles. The zero-order chi connectivity index (χ0) is 23.0. The Morgan fingerprint density at radius 1 is 0.969 bits per heavy atom. The van der Waals surface area contributed by atoms with Gasteiger partial charge in [0.25, 0.3) is 5.56 Å². The first-order valence-corrected chi connectivity index (χ1v) is 10.0. The van der Waals surface area contributed by atoms with Crippen molar-refractivity contribution in [1.82, 2.24) is 9.13 Å². The van der Waals surface area contributed by atoms with Gasteiger partial charge in [0.1, 0.15) is 17.3 Å². The third-order valence-electron chi connectivity index (χ3n) is 5.56. The molecule has 0 amide bonds. The number of fused-ring (bicyclic) bond motifs is 1. The third-order valence-corrected chi connectivity index (χ3v) is 5.56. The molecule has 4 rings (SSSR count). The van der Waals surface area contributed by atoms with E-state index in [2.05, 4.69) is 5.32 Å². The van der Waals surface area contributed by atoms with E-state index in [9.17, 15) is 14.4 Å². The highest BCUT2D eigenvalue weighted by atomic mass is 16.5. The Bertz CT molecular complexity index is 1350. The largest absolute Gasteiger partial charge is 0.466 e. The minimum Gasteiger partial charge on any atom is -0.466 e. The summed E-state index contributed by atoms with van der Waals surface area (Å²) in [6.07, 6.45) is 0. The van der Waals surface area contributed by atoms with Crippen LogP contribution in [0.2, 0.25) is 0 Å². The zero-order valence-corrected chi connectivity index (χ0v) is 18.2. The minimum absolute atomic E-state index is 0.289. The van der Waals surface area contributed by atoms with Gasteiger partial charge in [0, 0.05) is 19.8 Å². The summed E-state index contributed by atoms with van der Waals surface area (Å²) in [5, 5.41) is 3.05. The second kappa shape index (κ2) is 8.22. The molecule has 0 radical (unpaired) electrons. The number of methoxy groups -OCH3 is 1. The van der Waals surface area contributed by atoms with E-state index < -0.39 is 23.1 Å². The van der Waals surface area contributed by atoms with Crippen LogP contribution in [0.3, 0.4) is 0 Å². The number of nitrogens with zero attached hydrogens (tertiary/aromatic N) is 2. The van der Waals surface area contributed by atoms with Crippen LogP contribution >= 0.6 is 0 Å². The van der Waals surface area contributed by atoms with Gasteiger partial charge in [0.05, 0.1) is 24.2 Å². The lowest BCUT2D eigenvalue weighted by Crippen LogP contribution is -2.43. The van der Waals surface area contributed by atoms with E-state index in [1.54, 1.807) is 32.2 Å². The summed E-state index contributed by atoms with van der Waals surface area (Å²) in [7, 11) is 4.29. The fourth-order valence-electron chi connectivity index (χ4n) is 3.98. The van der Waals surface area contributed by atoms with E-state index in [0.29, 0.717) is 34.2 Å². The first-order chi connectivity index (χ1) is 15.3. The standard InChI is InChI=1S/C24H23N3O5/c1-14-18(23(29)31-4)19(20-21(25-14)26(2)24(30)27(3)22(20)28)15-9-8-12-17(13-15)32-16-10-6-5-7-11-16/h5-13,19,25H,1-4H3. The molecule has 1 unspecified atom stereocenters. The Labute approximate surface area is 184 Å². The molecule has 0 aliphatic carbocycles. The number of anilines is 1. The Morgan fingerprint density at radius 3 is 2.34 bits per heavy atom. The number of nitrogens with one attached hydrogen (secondary N) is 1. The Hall–Kier alpha value is -4.07. The Balaban J connectivity index is 1.94. The topological polar surface area (TPSA) is 91.6 Å². The molecular formula is C24H23N3O5. The normalized spacial score (nSPS) is 15.1. The van der Waals surface area contributed by atoms with Gasteiger partial charge in [-0.05, 0) is 36.8 Å². The highest BCUT2D eigenvalue weighted by Gasteiger charge is 2.37. The van der Waals surface area contributed by atoms with Gasteiger partial charge in [-0.2, -0.15) is 0 Å². The maximum absolute atomic E-state index is 13.2. The van der Waals surface area contributed by atoms with Crippen molar-refractivity contribution in [3.05, 3.63) is 97.8 Å². The highest BCUT2D eigenvalue weighted by molar-refractivity contribution is 5.94. The van der Waals surface area contributed by atoms with Crippen molar-refractivity contribution in [2.45, 2.75) is 12.8 Å². The number of esters is 1. The molecule has 2 aromatic carbocycles. The molecule has 0 spiro atoms. The fraction of sp³-hybridized carbons (Fsp3) is 0.208. The van der Waals surface area contributed by atoms with Gasteiger partial charge < -0.3 is 14.8 Å². The first-order valence-electron chi connectivity index (χ1n) is 10.0. The average Bonchev–Trinajstić information content (AvgIpc) is 2.81. The predicted octanol–water partition coefficient (Wildman–Crippen LogP) is 2.88. The van der Waals surface area contributed by atoms with Crippen LogP contribution < -0.4 is 21.3 Å². The number of benzene rings is 2. The van der Waals surface area contributed by atoms with E-state index >= 15 is 0 Å². The van der Waals surface area contributed by atoms with Crippen molar-refractivity contribution in [1.29, 1.82) is 0 Å². The molecule has 32 heavy (non-hydrogen) atoms. The van der Waals surface area contributed by atoms with E-state index in [0.717, 1.165) is 4.57 Å². The smallest absolute Gasteiger partial charge is 0.336 e. The van der Waals surface area contributed by atoms with Crippen LogP contribution in [-0.2, 0) is 23.6 Å². The van der Waals surface area contributed by atoms with Crippen LogP contribution in [0.15, 0.2) is 75.5 Å². The molecule has 164 valence electrons. The summed E-state index contributed by atoms with van der Waals surface area (Å²) < 4.78 is 13.4. The molecule has 1 atom stereocenters. The van der Waals surface area contributed by atoms with Gasteiger partial charge in [-0.15, -0.1) is 0 Å². The lowest BCUT2D eigenvalue weighted by Gasteiger charge is -2.30. The van der Waals surface area contributed by atoms with Gasteiger partial charge in [-0.3, -0.25) is 13.9 Å². The number of para-hydroxylation sites is 1. The van der Waals surface area contributed by atoms with Gasteiger partial charge in [0.15, 0.2) is 0 Å².